The van der Waals surface area contributed by atoms with Crippen LogP contribution in [0.1, 0.15) is 25.6 Å². The molecule has 0 unspecified atom stereocenters. The molecule has 20 heavy (non-hydrogen) atoms. The molecule has 2 aromatic heterocycles. The quantitative estimate of drug-likeness (QED) is 0.639. The lowest BCUT2D eigenvalue weighted by molar-refractivity contribution is 0.727. The number of hydrogen-bond donors (Lipinski definition) is 1. The summed E-state index contributed by atoms with van der Waals surface area (Å²) in [5.74, 6) is 1.13. The molecule has 0 saturated carbocycles. The van der Waals surface area contributed by atoms with Crippen molar-refractivity contribution in [1.29, 1.82) is 0 Å². The van der Waals surface area contributed by atoms with Crippen LogP contribution in [0, 0.1) is 0 Å². The number of nitrogens with zero attached hydrogens (tertiary/aromatic N) is 4. The Morgan fingerprint density at radius 2 is 2.00 bits per heavy atom. The first-order chi connectivity index (χ1) is 9.47. The molecule has 0 atom stereocenters. The van der Waals surface area contributed by atoms with Gasteiger partial charge in [-0.1, -0.05) is 41.1 Å². The maximum atomic E-state index is 6.13. The van der Waals surface area contributed by atoms with Gasteiger partial charge in [-0.05, 0) is 28.1 Å². The lowest BCUT2D eigenvalue weighted by atomic mass is 10.2. The maximum Gasteiger partial charge on any atom is 0.234 e. The molecular formula is C12H11Br2N5S. The van der Waals surface area contributed by atoms with Gasteiger partial charge < -0.3 is 5.73 Å². The van der Waals surface area contributed by atoms with Crippen LogP contribution >= 0.6 is 43.2 Å². The Balaban J connectivity index is 2.20. The molecule has 0 aliphatic heterocycles. The molecule has 1 aromatic carbocycles. The maximum absolute atomic E-state index is 6.13. The zero-order valence-electron chi connectivity index (χ0n) is 10.8. The third-order valence-corrected chi connectivity index (χ3v) is 4.90. The number of nitrogens with two attached hydrogens (primary N) is 1. The third-order valence-electron chi connectivity index (χ3n) is 2.86. The molecule has 0 aliphatic carbocycles. The predicted octanol–water partition coefficient (Wildman–Crippen LogP) is 4.08. The van der Waals surface area contributed by atoms with Crippen molar-refractivity contribution in [1.82, 2.24) is 19.8 Å². The summed E-state index contributed by atoms with van der Waals surface area (Å²) < 4.78 is 3.58. The molecule has 8 heteroatoms. The molecule has 2 N–H and O–H groups in total. The number of aromatic nitrogens is 4. The van der Waals surface area contributed by atoms with E-state index < -0.39 is 0 Å². The molecule has 0 radical (unpaired) electrons. The molecule has 3 aromatic rings. The smallest absolute Gasteiger partial charge is 0.234 e. The van der Waals surface area contributed by atoms with Crippen LogP contribution in [-0.2, 0) is 0 Å². The summed E-state index contributed by atoms with van der Waals surface area (Å²) in [7, 11) is 0. The molecule has 0 amide bonds. The summed E-state index contributed by atoms with van der Waals surface area (Å²) >= 11 is 8.40. The van der Waals surface area contributed by atoms with Crippen molar-refractivity contribution in [2.75, 3.05) is 5.73 Å². The number of fused-ring (bicyclic) bond motifs is 1. The summed E-state index contributed by atoms with van der Waals surface area (Å²) in [6.45, 7) is 4.14. The number of benzene rings is 1. The fourth-order valence-electron chi connectivity index (χ4n) is 1.86. The van der Waals surface area contributed by atoms with Crippen molar-refractivity contribution in [3.8, 4) is 10.6 Å². The average Bonchev–Trinajstić information content (AvgIpc) is 2.92. The van der Waals surface area contributed by atoms with E-state index in [0.29, 0.717) is 5.69 Å². The Morgan fingerprint density at radius 1 is 1.25 bits per heavy atom. The fraction of sp³-hybridized carbons (Fsp3) is 0.250. The van der Waals surface area contributed by atoms with Gasteiger partial charge in [-0.3, -0.25) is 0 Å². The SMILES string of the molecule is CC(C)c1nnc2sc(-c3cc(Br)cc(Br)c3N)nn12. The van der Waals surface area contributed by atoms with Gasteiger partial charge in [-0.25, -0.2) is 0 Å². The third kappa shape index (κ3) is 2.25. The molecule has 2 heterocycles. The minimum Gasteiger partial charge on any atom is -0.397 e. The molecule has 5 nitrogen and oxygen atoms in total. The van der Waals surface area contributed by atoms with Crippen LogP contribution in [0.2, 0.25) is 0 Å². The number of anilines is 1. The van der Waals surface area contributed by atoms with Gasteiger partial charge in [-0.2, -0.15) is 9.61 Å². The van der Waals surface area contributed by atoms with Gasteiger partial charge in [0.25, 0.3) is 0 Å². The normalized spacial score (nSPS) is 11.7. The highest BCUT2D eigenvalue weighted by molar-refractivity contribution is 9.11. The Labute approximate surface area is 136 Å². The molecule has 0 spiro atoms. The van der Waals surface area contributed by atoms with Crippen molar-refractivity contribution in [3.63, 3.8) is 0 Å². The number of halogens is 2. The standard InChI is InChI=1S/C12H11Br2N5S/c1-5(2)10-16-17-12-19(10)18-11(20-12)7-3-6(13)4-8(14)9(7)15/h3-5H,15H2,1-2H3. The Hall–Kier alpha value is -0.990. The first kappa shape index (κ1) is 14.0. The van der Waals surface area contributed by atoms with Crippen LogP contribution in [-0.4, -0.2) is 19.8 Å². The lowest BCUT2D eigenvalue weighted by Gasteiger charge is -2.05. The molecular weight excluding hydrogens is 406 g/mol. The van der Waals surface area contributed by atoms with E-state index in [2.05, 4.69) is 61.0 Å². The highest BCUT2D eigenvalue weighted by Crippen LogP contribution is 2.37. The van der Waals surface area contributed by atoms with Crippen LogP contribution < -0.4 is 5.73 Å². The average molecular weight is 417 g/mol. The highest BCUT2D eigenvalue weighted by atomic mass is 79.9. The molecule has 104 valence electrons. The van der Waals surface area contributed by atoms with Crippen molar-refractivity contribution in [3.05, 3.63) is 26.9 Å². The van der Waals surface area contributed by atoms with Crippen LogP contribution in [0.25, 0.3) is 15.5 Å². The monoisotopic (exact) mass is 415 g/mol. The molecule has 0 saturated heterocycles. The Bertz CT molecular complexity index is 793. The second kappa shape index (κ2) is 5.09. The van der Waals surface area contributed by atoms with Gasteiger partial charge in [0.1, 0.15) is 5.01 Å². The fourth-order valence-corrected chi connectivity index (χ4v) is 3.96. The van der Waals surface area contributed by atoms with Crippen LogP contribution in [0.4, 0.5) is 5.69 Å². The van der Waals surface area contributed by atoms with E-state index in [1.165, 1.54) is 11.3 Å². The molecule has 0 bridgehead atoms. The van der Waals surface area contributed by atoms with Gasteiger partial charge in [0, 0.05) is 20.4 Å². The van der Waals surface area contributed by atoms with E-state index in [1.54, 1.807) is 4.52 Å². The Morgan fingerprint density at radius 3 is 2.70 bits per heavy atom. The van der Waals surface area contributed by atoms with Crippen LogP contribution in [0.5, 0.6) is 0 Å². The summed E-state index contributed by atoms with van der Waals surface area (Å²) in [6, 6.07) is 3.87. The minimum atomic E-state index is 0.270. The van der Waals surface area contributed by atoms with Crippen molar-refractivity contribution >= 4 is 53.8 Å². The summed E-state index contributed by atoms with van der Waals surface area (Å²) in [4.78, 5) is 0.777. The Kier molecular flexibility index (Phi) is 3.55. The number of rotatable bonds is 2. The highest BCUT2D eigenvalue weighted by Gasteiger charge is 2.17. The number of hydrogen-bond acceptors (Lipinski definition) is 5. The van der Waals surface area contributed by atoms with E-state index in [9.17, 15) is 0 Å². The van der Waals surface area contributed by atoms with Gasteiger partial charge in [0.2, 0.25) is 4.96 Å². The minimum absolute atomic E-state index is 0.270. The van der Waals surface area contributed by atoms with E-state index in [-0.39, 0.29) is 5.92 Å². The topological polar surface area (TPSA) is 69.1 Å². The van der Waals surface area contributed by atoms with Gasteiger partial charge in [0.15, 0.2) is 5.82 Å². The first-order valence-corrected chi connectivity index (χ1v) is 8.34. The van der Waals surface area contributed by atoms with E-state index in [1.807, 2.05) is 12.1 Å². The summed E-state index contributed by atoms with van der Waals surface area (Å²) in [5.41, 5.74) is 7.68. The summed E-state index contributed by atoms with van der Waals surface area (Å²) in [6.07, 6.45) is 0. The van der Waals surface area contributed by atoms with Gasteiger partial charge in [0.05, 0.1) is 5.69 Å². The van der Waals surface area contributed by atoms with Crippen molar-refractivity contribution in [2.24, 2.45) is 0 Å². The van der Waals surface area contributed by atoms with E-state index >= 15 is 0 Å². The zero-order chi connectivity index (χ0) is 14.4. The second-order valence-corrected chi connectivity index (χ2v) is 7.39. The van der Waals surface area contributed by atoms with Crippen LogP contribution in [0.15, 0.2) is 21.1 Å². The van der Waals surface area contributed by atoms with Gasteiger partial charge in [-0.15, -0.1) is 10.2 Å². The second-order valence-electron chi connectivity index (χ2n) is 4.66. The molecule has 0 fully saturated rings. The molecule has 3 rings (SSSR count). The predicted molar refractivity (Wildman–Crippen MR) is 88.0 cm³/mol. The number of nitrogen functional groups attached to an aromatic ring is 1. The van der Waals surface area contributed by atoms with E-state index in [0.717, 1.165) is 30.3 Å². The van der Waals surface area contributed by atoms with E-state index in [4.69, 9.17) is 5.73 Å². The van der Waals surface area contributed by atoms with Crippen molar-refractivity contribution in [2.45, 2.75) is 19.8 Å². The van der Waals surface area contributed by atoms with Crippen LogP contribution in [0.3, 0.4) is 0 Å². The zero-order valence-corrected chi connectivity index (χ0v) is 14.8. The van der Waals surface area contributed by atoms with Crippen molar-refractivity contribution < 1.29 is 0 Å². The summed E-state index contributed by atoms with van der Waals surface area (Å²) in [5, 5.41) is 13.7. The first-order valence-electron chi connectivity index (χ1n) is 5.94. The largest absolute Gasteiger partial charge is 0.397 e. The van der Waals surface area contributed by atoms with Gasteiger partial charge >= 0.3 is 0 Å². The molecule has 0 aliphatic rings. The lowest BCUT2D eigenvalue weighted by Crippen LogP contribution is -1.98.